The molecule has 0 aliphatic carbocycles. The molecule has 9 heteroatoms. The van der Waals surface area contributed by atoms with Crippen molar-refractivity contribution in [1.29, 1.82) is 0 Å². The van der Waals surface area contributed by atoms with E-state index < -0.39 is 43.5 Å². The summed E-state index contributed by atoms with van der Waals surface area (Å²) in [6.07, 6.45) is 4.29. The maximum Gasteiger partial charge on any atom is 0.312 e. The van der Waals surface area contributed by atoms with E-state index in [1.807, 2.05) is 30.3 Å². The lowest BCUT2D eigenvalue weighted by molar-refractivity contribution is -0.387. The van der Waals surface area contributed by atoms with E-state index in [2.05, 4.69) is 4.72 Å². The van der Waals surface area contributed by atoms with Crippen LogP contribution in [-0.4, -0.2) is 32.5 Å². The second-order valence-electron chi connectivity index (χ2n) is 6.67. The number of nitro benzene ring substituents is 1. The van der Waals surface area contributed by atoms with Crippen molar-refractivity contribution in [3.8, 4) is 0 Å². The van der Waals surface area contributed by atoms with Gasteiger partial charge in [-0.2, -0.15) is 0 Å². The summed E-state index contributed by atoms with van der Waals surface area (Å²) in [5, 5.41) is 11.1. The quantitative estimate of drug-likeness (QED) is 0.267. The number of ether oxygens (including phenoxy) is 1. The molecular formula is C21H24N2O6S. The van der Waals surface area contributed by atoms with Crippen LogP contribution >= 0.6 is 0 Å². The summed E-state index contributed by atoms with van der Waals surface area (Å²) in [7, 11) is -2.83. The van der Waals surface area contributed by atoms with Crippen LogP contribution in [0.25, 0.3) is 0 Å². The minimum Gasteiger partial charge on any atom is -0.469 e. The molecule has 0 aliphatic rings. The molecule has 2 atom stereocenters. The number of esters is 1. The molecule has 2 aromatic carbocycles. The third-order valence-corrected chi connectivity index (χ3v) is 6.02. The predicted molar refractivity (Wildman–Crippen MR) is 112 cm³/mol. The molecule has 0 bridgehead atoms. The molecule has 0 unspecified atom stereocenters. The topological polar surface area (TPSA) is 116 Å². The Morgan fingerprint density at radius 1 is 1.13 bits per heavy atom. The summed E-state index contributed by atoms with van der Waals surface area (Å²) in [5.74, 6) is -0.968. The zero-order valence-electron chi connectivity index (χ0n) is 16.7. The van der Waals surface area contributed by atoms with E-state index in [-0.39, 0.29) is 0 Å². The number of carbonyl (C=O) groups excluding carboxylic acids is 1. The zero-order chi connectivity index (χ0) is 22.1. The van der Waals surface area contributed by atoms with Crippen molar-refractivity contribution in [2.45, 2.75) is 30.7 Å². The van der Waals surface area contributed by atoms with Crippen molar-refractivity contribution in [3.63, 3.8) is 0 Å². The van der Waals surface area contributed by atoms with Gasteiger partial charge in [0.05, 0.1) is 18.0 Å². The minimum atomic E-state index is -4.12. The highest BCUT2D eigenvalue weighted by atomic mass is 32.2. The van der Waals surface area contributed by atoms with Gasteiger partial charge >= 0.3 is 5.97 Å². The summed E-state index contributed by atoms with van der Waals surface area (Å²) >= 11 is 0. The van der Waals surface area contributed by atoms with Gasteiger partial charge < -0.3 is 4.74 Å². The molecule has 0 heterocycles. The number of sulfonamides is 1. The van der Waals surface area contributed by atoms with Crippen LogP contribution in [0.15, 0.2) is 71.6 Å². The standard InChI is InChI=1S/C21H24N2O6S/c1-16(22-30(27,28)20-11-7-6-10-19(20)23(25)26)12-14-18(21(24)29-2)15-13-17-8-4-3-5-9-17/h3-12,14,16,18,22H,13,15H2,1-2H3/b14-12+/t16-,18-/m0/s1. The molecule has 0 saturated carbocycles. The highest BCUT2D eigenvalue weighted by molar-refractivity contribution is 7.89. The van der Waals surface area contributed by atoms with Crippen molar-refractivity contribution in [2.75, 3.05) is 7.11 Å². The number of benzene rings is 2. The normalized spacial score (nSPS) is 13.7. The number of hydrogen-bond donors (Lipinski definition) is 1. The van der Waals surface area contributed by atoms with Crippen molar-refractivity contribution in [3.05, 3.63) is 82.4 Å². The summed E-state index contributed by atoms with van der Waals surface area (Å²) in [6.45, 7) is 1.58. The fourth-order valence-electron chi connectivity index (χ4n) is 2.89. The summed E-state index contributed by atoms with van der Waals surface area (Å²) < 4.78 is 32.4. The number of methoxy groups -OCH3 is 1. The van der Waals surface area contributed by atoms with Crippen LogP contribution in [0.4, 0.5) is 5.69 Å². The number of nitro groups is 1. The van der Waals surface area contributed by atoms with Crippen LogP contribution in [0.2, 0.25) is 0 Å². The van der Waals surface area contributed by atoms with Gasteiger partial charge in [-0.3, -0.25) is 14.9 Å². The summed E-state index contributed by atoms with van der Waals surface area (Å²) in [6, 6.07) is 14.1. The van der Waals surface area contributed by atoms with E-state index in [0.717, 1.165) is 11.6 Å². The van der Waals surface area contributed by atoms with Crippen LogP contribution in [0.3, 0.4) is 0 Å². The fourth-order valence-corrected chi connectivity index (χ4v) is 4.27. The highest BCUT2D eigenvalue weighted by Gasteiger charge is 2.26. The van der Waals surface area contributed by atoms with Crippen molar-refractivity contribution >= 4 is 21.7 Å². The first-order valence-electron chi connectivity index (χ1n) is 9.30. The molecule has 0 amide bonds. The van der Waals surface area contributed by atoms with E-state index >= 15 is 0 Å². The Kier molecular flexibility index (Phi) is 8.25. The third kappa shape index (κ3) is 6.50. The van der Waals surface area contributed by atoms with Gasteiger partial charge in [0.15, 0.2) is 4.90 Å². The Labute approximate surface area is 175 Å². The average molecular weight is 432 g/mol. The van der Waals surface area contributed by atoms with Crippen molar-refractivity contribution in [1.82, 2.24) is 4.72 Å². The summed E-state index contributed by atoms with van der Waals surface area (Å²) in [4.78, 5) is 22.0. The maximum absolute atomic E-state index is 12.6. The second-order valence-corrected chi connectivity index (χ2v) is 8.36. The number of nitrogens with one attached hydrogen (secondary N) is 1. The minimum absolute atomic E-state index is 0.413. The second kappa shape index (κ2) is 10.7. The van der Waals surface area contributed by atoms with Crippen molar-refractivity contribution < 1.29 is 22.9 Å². The molecule has 1 N–H and O–H groups in total. The van der Waals surface area contributed by atoms with Crippen LogP contribution in [0.5, 0.6) is 0 Å². The van der Waals surface area contributed by atoms with E-state index in [4.69, 9.17) is 4.74 Å². The molecule has 2 aromatic rings. The number of rotatable bonds is 10. The predicted octanol–water partition coefficient (Wildman–Crippen LogP) is 3.24. The molecule has 0 fully saturated rings. The first-order chi connectivity index (χ1) is 14.2. The lowest BCUT2D eigenvalue weighted by atomic mass is 9.98. The smallest absolute Gasteiger partial charge is 0.312 e. The molecule has 0 aromatic heterocycles. The number of hydrogen-bond acceptors (Lipinski definition) is 6. The number of nitrogens with zero attached hydrogens (tertiary/aromatic N) is 1. The molecule has 0 saturated heterocycles. The number of aryl methyl sites for hydroxylation is 1. The van der Waals surface area contributed by atoms with Gasteiger partial charge in [0.25, 0.3) is 5.69 Å². The first kappa shape index (κ1) is 23.2. The first-order valence-corrected chi connectivity index (χ1v) is 10.8. The molecule has 0 aliphatic heterocycles. The highest BCUT2D eigenvalue weighted by Crippen LogP contribution is 2.23. The molecule has 2 rings (SSSR count). The van der Waals surface area contributed by atoms with E-state index in [9.17, 15) is 23.3 Å². The fraction of sp³-hybridized carbons (Fsp3) is 0.286. The van der Waals surface area contributed by atoms with Gasteiger partial charge in [-0.25, -0.2) is 13.1 Å². The van der Waals surface area contributed by atoms with Gasteiger partial charge in [0, 0.05) is 12.1 Å². The van der Waals surface area contributed by atoms with Crippen LogP contribution < -0.4 is 4.72 Å². The third-order valence-electron chi connectivity index (χ3n) is 4.42. The SMILES string of the molecule is COC(=O)[C@@H](/C=C/[C@H](C)NS(=O)(=O)c1ccccc1[N+](=O)[O-])CCc1ccccc1. The van der Waals surface area contributed by atoms with E-state index in [1.54, 1.807) is 19.1 Å². The number of para-hydroxylation sites is 1. The number of carbonyl (C=O) groups is 1. The van der Waals surface area contributed by atoms with Gasteiger partial charge in [-0.15, -0.1) is 0 Å². The Hall–Kier alpha value is -3.04. The van der Waals surface area contributed by atoms with E-state index in [1.165, 1.54) is 25.3 Å². The molecule has 160 valence electrons. The Morgan fingerprint density at radius 2 is 1.77 bits per heavy atom. The molecule has 0 spiro atoms. The van der Waals surface area contributed by atoms with Gasteiger partial charge in [0.1, 0.15) is 0 Å². The maximum atomic E-state index is 12.6. The Balaban J connectivity index is 2.10. The van der Waals surface area contributed by atoms with Gasteiger partial charge in [-0.1, -0.05) is 54.6 Å². The molecule has 8 nitrogen and oxygen atoms in total. The molecule has 30 heavy (non-hydrogen) atoms. The lowest BCUT2D eigenvalue weighted by Gasteiger charge is -2.13. The van der Waals surface area contributed by atoms with Crippen molar-refractivity contribution in [2.24, 2.45) is 5.92 Å². The summed E-state index contributed by atoms with van der Waals surface area (Å²) in [5.41, 5.74) is 0.571. The Morgan fingerprint density at radius 3 is 2.40 bits per heavy atom. The van der Waals surface area contributed by atoms with E-state index in [0.29, 0.717) is 12.8 Å². The Bertz CT molecular complexity index is 1010. The van der Waals surface area contributed by atoms with Crippen LogP contribution in [-0.2, 0) is 26.0 Å². The molecule has 0 radical (unpaired) electrons. The van der Waals surface area contributed by atoms with Crippen LogP contribution in [0, 0.1) is 16.0 Å². The average Bonchev–Trinajstić information content (AvgIpc) is 2.73. The zero-order valence-corrected chi connectivity index (χ0v) is 17.5. The molecular weight excluding hydrogens is 408 g/mol. The lowest BCUT2D eigenvalue weighted by Crippen LogP contribution is -2.32. The van der Waals surface area contributed by atoms with Crippen LogP contribution in [0.1, 0.15) is 18.9 Å². The largest absolute Gasteiger partial charge is 0.469 e. The monoisotopic (exact) mass is 432 g/mol. The van der Waals surface area contributed by atoms with Gasteiger partial charge in [0.2, 0.25) is 10.0 Å². The van der Waals surface area contributed by atoms with Gasteiger partial charge in [-0.05, 0) is 31.4 Å².